The number of benzene rings is 4. The second kappa shape index (κ2) is 26.6. The van der Waals surface area contributed by atoms with Crippen LogP contribution in [0.5, 0.6) is 0 Å². The minimum atomic E-state index is -3.07. The van der Waals surface area contributed by atoms with Gasteiger partial charge in [0.05, 0.1) is 59.7 Å². The Morgan fingerprint density at radius 3 is 1.45 bits per heavy atom. The fourth-order valence-electron chi connectivity index (χ4n) is 13.0. The van der Waals surface area contributed by atoms with Gasteiger partial charge in [-0.05, 0) is 134 Å². The molecule has 5 aliphatic rings. The maximum absolute atomic E-state index is 12.0. The minimum Gasteiger partial charge on any atom is -0.449 e. The Morgan fingerprint density at radius 1 is 0.605 bits per heavy atom. The van der Waals surface area contributed by atoms with Gasteiger partial charge in [0.15, 0.2) is 0 Å². The van der Waals surface area contributed by atoms with Crippen molar-refractivity contribution in [1.82, 2.24) is 60.2 Å². The van der Waals surface area contributed by atoms with E-state index in [0.29, 0.717) is 53.4 Å². The highest BCUT2D eigenvalue weighted by Crippen LogP contribution is 2.39. The molecule has 460 valence electrons. The van der Waals surface area contributed by atoms with E-state index in [1.54, 1.807) is 16.1 Å². The summed E-state index contributed by atoms with van der Waals surface area (Å²) in [6.45, 7) is 17.4. The fraction of sp³-hybridized carbons (Fsp3) is 0.508. The number of hydrogen-bond acceptors (Lipinski definition) is 12. The SMILES string of the molecule is CC(=O)N1CCC(c2cc(C(C)C)cc3[nH]ncc23)CC1.CC(C)c1cc(C2CCN(S(C)(=O)=O)CC2)c2cn[nH]c2c1.CN(C)C(=O)C1CCN(c2cc(Cl)cc3[nH]ncc23)CC1.O=C1NC2(CCO1)CCN(c1cc(Cl)cc3[nH]ncc13)CC2. The van der Waals surface area contributed by atoms with Crippen LogP contribution in [0.15, 0.2) is 73.3 Å². The van der Waals surface area contributed by atoms with Crippen LogP contribution in [0.2, 0.25) is 10.0 Å². The van der Waals surface area contributed by atoms with E-state index in [4.69, 9.17) is 27.9 Å². The van der Waals surface area contributed by atoms with Crippen LogP contribution in [-0.2, 0) is 24.3 Å². The molecule has 13 rings (SSSR count). The number of anilines is 2. The molecule has 0 aliphatic carbocycles. The number of carbonyl (C=O) groups excluding carboxylic acids is 3. The van der Waals surface area contributed by atoms with Crippen molar-refractivity contribution in [3.8, 4) is 0 Å². The summed E-state index contributed by atoms with van der Waals surface area (Å²) >= 11 is 12.4. The number of ether oxygens (including phenoxy) is 1. The molecule has 20 nitrogen and oxygen atoms in total. The number of cyclic esters (lactones) is 1. The average Bonchev–Trinajstić information content (AvgIpc) is 2.01. The number of sulfonamides is 1. The largest absolute Gasteiger partial charge is 0.449 e. The number of nitrogens with one attached hydrogen (secondary N) is 5. The van der Waals surface area contributed by atoms with Gasteiger partial charge in [-0.25, -0.2) is 17.5 Å². The van der Waals surface area contributed by atoms with Crippen molar-refractivity contribution in [2.24, 2.45) is 5.92 Å². The van der Waals surface area contributed by atoms with Gasteiger partial charge in [0.25, 0.3) is 0 Å². The topological polar surface area (TPSA) is 238 Å². The first-order valence-corrected chi connectivity index (χ1v) is 32.8. The van der Waals surface area contributed by atoms with Crippen LogP contribution in [0.25, 0.3) is 43.6 Å². The monoisotopic (exact) mass is 1230 g/mol. The van der Waals surface area contributed by atoms with Gasteiger partial charge in [0.2, 0.25) is 21.8 Å². The summed E-state index contributed by atoms with van der Waals surface area (Å²) in [5, 5.41) is 37.7. The van der Waals surface area contributed by atoms with Crippen LogP contribution in [0.4, 0.5) is 16.2 Å². The van der Waals surface area contributed by atoms with Crippen LogP contribution in [0.3, 0.4) is 0 Å². The van der Waals surface area contributed by atoms with Crippen molar-refractivity contribution >= 4 is 106 Å². The Hall–Kier alpha value is -6.94. The van der Waals surface area contributed by atoms with E-state index in [0.717, 1.165) is 141 Å². The molecule has 0 saturated carbocycles. The lowest BCUT2D eigenvalue weighted by atomic mass is 9.84. The van der Waals surface area contributed by atoms with Gasteiger partial charge in [-0.15, -0.1) is 0 Å². The minimum absolute atomic E-state index is 0.111. The molecule has 5 aliphatic heterocycles. The summed E-state index contributed by atoms with van der Waals surface area (Å²) in [6, 6.07) is 16.7. The highest BCUT2D eigenvalue weighted by molar-refractivity contribution is 7.88. The van der Waals surface area contributed by atoms with E-state index in [-0.39, 0.29) is 29.4 Å². The Bertz CT molecular complexity index is 3790. The molecule has 4 aromatic heterocycles. The molecule has 0 atom stereocenters. The van der Waals surface area contributed by atoms with Crippen LogP contribution >= 0.6 is 23.2 Å². The number of likely N-dealkylation sites (tertiary alicyclic amines) is 1. The molecule has 0 bridgehead atoms. The summed E-state index contributed by atoms with van der Waals surface area (Å²) in [7, 11) is 0.570. The quantitative estimate of drug-likeness (QED) is 0.0955. The molecular formula is C63H82Cl2N14O6S. The van der Waals surface area contributed by atoms with Crippen LogP contribution in [0, 0.1) is 5.92 Å². The number of amides is 3. The van der Waals surface area contributed by atoms with E-state index in [2.05, 4.69) is 108 Å². The van der Waals surface area contributed by atoms with Crippen molar-refractivity contribution in [1.29, 1.82) is 0 Å². The summed E-state index contributed by atoms with van der Waals surface area (Å²) in [6.07, 6.45) is 16.8. The molecule has 1 spiro atoms. The number of hydrogen-bond donors (Lipinski definition) is 5. The third kappa shape index (κ3) is 14.2. The van der Waals surface area contributed by atoms with Gasteiger partial charge in [-0.1, -0.05) is 63.0 Å². The number of nitrogens with zero attached hydrogens (tertiary/aromatic N) is 9. The predicted molar refractivity (Wildman–Crippen MR) is 342 cm³/mol. The van der Waals surface area contributed by atoms with Crippen molar-refractivity contribution < 1.29 is 27.5 Å². The second-order valence-electron chi connectivity index (χ2n) is 24.7. The summed E-state index contributed by atoms with van der Waals surface area (Å²) < 4.78 is 29.9. The number of aromatic amines is 4. The Morgan fingerprint density at radius 2 is 1.03 bits per heavy atom. The van der Waals surface area contributed by atoms with Crippen molar-refractivity contribution in [3.63, 3.8) is 0 Å². The molecule has 5 N–H and O–H groups in total. The average molecular weight is 1230 g/mol. The normalized spacial score (nSPS) is 18.2. The van der Waals surface area contributed by atoms with Crippen molar-refractivity contribution in [3.05, 3.63) is 106 Å². The number of alkyl carbamates (subject to hydrolysis) is 1. The fourth-order valence-corrected chi connectivity index (χ4v) is 14.3. The van der Waals surface area contributed by atoms with Gasteiger partial charge in [-0.2, -0.15) is 20.4 Å². The third-order valence-electron chi connectivity index (χ3n) is 18.2. The van der Waals surface area contributed by atoms with E-state index in [9.17, 15) is 22.8 Å². The zero-order valence-corrected chi connectivity index (χ0v) is 53.0. The Labute approximate surface area is 513 Å². The number of aromatic nitrogens is 8. The maximum Gasteiger partial charge on any atom is 0.407 e. The lowest BCUT2D eigenvalue weighted by Gasteiger charge is -2.44. The second-order valence-corrected chi connectivity index (χ2v) is 27.5. The first-order chi connectivity index (χ1) is 41.1. The van der Waals surface area contributed by atoms with Gasteiger partial charge in [0, 0.05) is 134 Å². The van der Waals surface area contributed by atoms with E-state index in [1.165, 1.54) is 39.3 Å². The molecule has 23 heteroatoms. The van der Waals surface area contributed by atoms with Gasteiger partial charge < -0.3 is 29.7 Å². The lowest BCUT2D eigenvalue weighted by Crippen LogP contribution is -2.58. The standard InChI is InChI=1S/C17H23N3O.C16H23N3O2S.C15H17ClN4O2.C15H19ClN4O/c1-11(2)14-8-15(16-10-18-19-17(16)9-14)13-4-6-20(7-5-13)12(3)21;1-11(2)13-8-14(15-10-17-18-16(15)9-13)12-4-6-19(7-5-12)22(3,20)21;16-10-7-12-11(9-17-19-12)13(8-10)20-4-1-15(2-5-20)3-6-22-14(21)18-15;1-19(2)15(21)10-3-5-20(6-4-10)14-8-11(16)7-13-12(14)9-17-18-13/h8-11,13H,4-7H2,1-3H3,(H,18,19);8-12H,4-7H2,1-3H3,(H,17,18);7-9H,1-6H2,(H,17,19)(H,18,21);7-10H,3-6H2,1-2H3,(H,17,18). The summed E-state index contributed by atoms with van der Waals surface area (Å²) in [4.78, 5) is 43.3. The van der Waals surface area contributed by atoms with Gasteiger partial charge in [-0.3, -0.25) is 30.0 Å². The molecule has 0 radical (unpaired) electrons. The molecule has 8 aromatic rings. The number of H-pyrrole nitrogens is 4. The maximum atomic E-state index is 12.0. The van der Waals surface area contributed by atoms with Gasteiger partial charge in [0.1, 0.15) is 0 Å². The number of rotatable bonds is 8. The summed E-state index contributed by atoms with van der Waals surface area (Å²) in [5.41, 5.74) is 11.6. The number of fused-ring (bicyclic) bond motifs is 4. The van der Waals surface area contributed by atoms with E-state index in [1.807, 2.05) is 68.0 Å². The van der Waals surface area contributed by atoms with E-state index >= 15 is 0 Å². The highest BCUT2D eigenvalue weighted by atomic mass is 35.5. The molecule has 9 heterocycles. The van der Waals surface area contributed by atoms with Crippen molar-refractivity contribution in [2.75, 3.05) is 89.1 Å². The first-order valence-electron chi connectivity index (χ1n) is 30.2. The molecular weight excluding hydrogens is 1150 g/mol. The smallest absolute Gasteiger partial charge is 0.407 e. The highest BCUT2D eigenvalue weighted by Gasteiger charge is 2.39. The van der Waals surface area contributed by atoms with Crippen LogP contribution < -0.4 is 15.1 Å². The first kappa shape index (κ1) is 62.1. The number of piperidine rings is 4. The van der Waals surface area contributed by atoms with Crippen LogP contribution in [0.1, 0.15) is 138 Å². The zero-order chi connectivity index (χ0) is 61.0. The lowest BCUT2D eigenvalue weighted by molar-refractivity contribution is -0.133. The molecule has 0 unspecified atom stereocenters. The molecule has 3 amide bonds. The number of halogens is 2. The van der Waals surface area contributed by atoms with E-state index < -0.39 is 10.0 Å². The van der Waals surface area contributed by atoms with Gasteiger partial charge >= 0.3 is 6.09 Å². The number of carbonyl (C=O) groups is 3. The Balaban J connectivity index is 0.000000127. The third-order valence-corrected chi connectivity index (χ3v) is 19.9. The molecule has 5 saturated heterocycles. The van der Waals surface area contributed by atoms with Crippen molar-refractivity contribution in [2.45, 2.75) is 122 Å². The molecule has 86 heavy (non-hydrogen) atoms. The molecule has 5 fully saturated rings. The molecule has 4 aromatic carbocycles. The Kier molecular flexibility index (Phi) is 19.2. The van der Waals surface area contributed by atoms with Crippen LogP contribution in [-0.4, -0.2) is 166 Å². The zero-order valence-electron chi connectivity index (χ0n) is 50.7. The summed E-state index contributed by atoms with van der Waals surface area (Å²) in [5.74, 6) is 2.45. The predicted octanol–water partition coefficient (Wildman–Crippen LogP) is 11.4.